The number of rotatable bonds is 4. The highest BCUT2D eigenvalue weighted by Crippen LogP contribution is 2.30. The van der Waals surface area contributed by atoms with Gasteiger partial charge >= 0.3 is 6.18 Å². The largest absolute Gasteiger partial charge is 0.416 e. The Hall–Kier alpha value is -2.48. The lowest BCUT2D eigenvalue weighted by atomic mass is 10.2. The van der Waals surface area contributed by atoms with E-state index in [9.17, 15) is 18.0 Å². The summed E-state index contributed by atoms with van der Waals surface area (Å²) in [6, 6.07) is 10.2. The maximum atomic E-state index is 12.7. The Morgan fingerprint density at radius 1 is 1.11 bits per heavy atom. The zero-order valence-corrected chi connectivity index (χ0v) is 15.1. The van der Waals surface area contributed by atoms with Crippen LogP contribution >= 0.6 is 11.6 Å². The van der Waals surface area contributed by atoms with Crippen molar-refractivity contribution in [2.75, 3.05) is 42.9 Å². The molecule has 3 rings (SSSR count). The van der Waals surface area contributed by atoms with E-state index in [4.69, 9.17) is 11.6 Å². The lowest BCUT2D eigenvalue weighted by Gasteiger charge is -2.35. The number of carbonyl (C=O) groups is 1. The van der Waals surface area contributed by atoms with Gasteiger partial charge in [0.25, 0.3) is 0 Å². The van der Waals surface area contributed by atoms with Gasteiger partial charge in [-0.05, 0) is 30.3 Å². The summed E-state index contributed by atoms with van der Waals surface area (Å²) in [5, 5.41) is 3.18. The normalized spacial score (nSPS) is 15.0. The molecule has 0 atom stereocenters. The van der Waals surface area contributed by atoms with Gasteiger partial charge in [-0.3, -0.25) is 4.79 Å². The molecule has 0 radical (unpaired) electrons. The zero-order chi connectivity index (χ0) is 19.4. The van der Waals surface area contributed by atoms with Gasteiger partial charge in [-0.25, -0.2) is 4.98 Å². The quantitative estimate of drug-likeness (QED) is 0.801. The topological polar surface area (TPSA) is 48.5 Å². The molecule has 1 aromatic carbocycles. The van der Waals surface area contributed by atoms with Gasteiger partial charge in [0.15, 0.2) is 0 Å². The average Bonchev–Trinajstić information content (AvgIpc) is 2.66. The standard InChI is InChI=1S/C18H18ClF3N4O/c19-15-5-2-6-16(24-15)25-7-9-26(10-8-25)17(27)12-23-14-4-1-3-13(11-14)18(20,21)22/h1-6,11,23H,7-10,12H2. The Balaban J connectivity index is 1.51. The zero-order valence-electron chi connectivity index (χ0n) is 14.3. The van der Waals surface area contributed by atoms with E-state index < -0.39 is 11.7 Å². The van der Waals surface area contributed by atoms with Crippen LogP contribution in [-0.2, 0) is 11.0 Å². The van der Waals surface area contributed by atoms with Gasteiger partial charge < -0.3 is 15.1 Å². The molecule has 2 aromatic rings. The molecule has 1 aliphatic rings. The number of pyridine rings is 1. The van der Waals surface area contributed by atoms with Crippen LogP contribution in [0.25, 0.3) is 0 Å². The number of nitrogens with one attached hydrogen (secondary N) is 1. The predicted molar refractivity (Wildman–Crippen MR) is 98.0 cm³/mol. The first-order valence-corrected chi connectivity index (χ1v) is 8.77. The first kappa shape index (κ1) is 19.3. The van der Waals surface area contributed by atoms with E-state index in [1.54, 1.807) is 11.0 Å². The van der Waals surface area contributed by atoms with E-state index in [1.807, 2.05) is 17.0 Å². The van der Waals surface area contributed by atoms with Crippen molar-refractivity contribution in [2.45, 2.75) is 6.18 Å². The number of carbonyl (C=O) groups excluding carboxylic acids is 1. The van der Waals surface area contributed by atoms with E-state index in [1.165, 1.54) is 12.1 Å². The number of nitrogens with zero attached hydrogens (tertiary/aromatic N) is 3. The van der Waals surface area contributed by atoms with Crippen LogP contribution in [0.4, 0.5) is 24.7 Å². The number of aromatic nitrogens is 1. The Bertz CT molecular complexity index is 807. The first-order chi connectivity index (χ1) is 12.8. The number of benzene rings is 1. The summed E-state index contributed by atoms with van der Waals surface area (Å²) in [6.45, 7) is 2.19. The van der Waals surface area contributed by atoms with E-state index in [-0.39, 0.29) is 18.1 Å². The summed E-state index contributed by atoms with van der Waals surface area (Å²) >= 11 is 5.90. The van der Waals surface area contributed by atoms with Gasteiger partial charge in [-0.2, -0.15) is 13.2 Å². The molecule has 1 saturated heterocycles. The molecule has 144 valence electrons. The van der Waals surface area contributed by atoms with Crippen LogP contribution in [0.15, 0.2) is 42.5 Å². The van der Waals surface area contributed by atoms with Gasteiger partial charge in [0, 0.05) is 31.9 Å². The number of alkyl halides is 3. The first-order valence-electron chi connectivity index (χ1n) is 8.39. The molecule has 0 aliphatic carbocycles. The summed E-state index contributed by atoms with van der Waals surface area (Å²) in [7, 11) is 0. The van der Waals surface area contributed by atoms with Gasteiger partial charge in [-0.15, -0.1) is 0 Å². The predicted octanol–water partition coefficient (Wildman–Crippen LogP) is 3.51. The SMILES string of the molecule is O=C(CNc1cccc(C(F)(F)F)c1)N1CCN(c2cccc(Cl)n2)CC1. The van der Waals surface area contributed by atoms with Gasteiger partial charge in [0.1, 0.15) is 11.0 Å². The van der Waals surface area contributed by atoms with Crippen LogP contribution in [-0.4, -0.2) is 48.5 Å². The highest BCUT2D eigenvalue weighted by Gasteiger charge is 2.30. The minimum absolute atomic E-state index is 0.0588. The summed E-state index contributed by atoms with van der Waals surface area (Å²) in [6.07, 6.45) is -4.41. The molecule has 0 unspecified atom stereocenters. The fourth-order valence-corrected chi connectivity index (χ4v) is 3.01. The Morgan fingerprint density at radius 2 is 1.81 bits per heavy atom. The molecule has 1 fully saturated rings. The Labute approximate surface area is 159 Å². The third kappa shape index (κ3) is 5.03. The molecule has 1 N–H and O–H groups in total. The van der Waals surface area contributed by atoms with Crippen LogP contribution in [0.3, 0.4) is 0 Å². The van der Waals surface area contributed by atoms with E-state index in [0.717, 1.165) is 18.0 Å². The van der Waals surface area contributed by atoms with E-state index in [2.05, 4.69) is 10.3 Å². The number of piperazine rings is 1. The van der Waals surface area contributed by atoms with Crippen LogP contribution in [0.1, 0.15) is 5.56 Å². The van der Waals surface area contributed by atoms with Gasteiger partial charge in [-0.1, -0.05) is 23.7 Å². The van der Waals surface area contributed by atoms with Crippen molar-refractivity contribution in [1.82, 2.24) is 9.88 Å². The summed E-state index contributed by atoms with van der Waals surface area (Å²) in [5.74, 6) is 0.600. The smallest absolute Gasteiger partial charge is 0.376 e. The van der Waals surface area contributed by atoms with Crippen molar-refractivity contribution in [3.63, 3.8) is 0 Å². The van der Waals surface area contributed by atoms with Crippen molar-refractivity contribution in [3.05, 3.63) is 53.2 Å². The molecule has 5 nitrogen and oxygen atoms in total. The monoisotopic (exact) mass is 398 g/mol. The third-order valence-corrected chi connectivity index (χ3v) is 4.50. The van der Waals surface area contributed by atoms with Crippen LogP contribution < -0.4 is 10.2 Å². The number of amides is 1. The number of hydrogen-bond donors (Lipinski definition) is 1. The van der Waals surface area contributed by atoms with Crippen molar-refractivity contribution in [1.29, 1.82) is 0 Å². The lowest BCUT2D eigenvalue weighted by molar-refractivity contribution is -0.137. The molecular formula is C18H18ClF3N4O. The molecule has 2 heterocycles. The fraction of sp³-hybridized carbons (Fsp3) is 0.333. The Morgan fingerprint density at radius 3 is 2.48 bits per heavy atom. The summed E-state index contributed by atoms with van der Waals surface area (Å²) in [5.41, 5.74) is -0.484. The molecule has 9 heteroatoms. The number of hydrogen-bond acceptors (Lipinski definition) is 4. The van der Waals surface area contributed by atoms with Crippen molar-refractivity contribution < 1.29 is 18.0 Å². The van der Waals surface area contributed by atoms with Crippen molar-refractivity contribution in [3.8, 4) is 0 Å². The summed E-state index contributed by atoms with van der Waals surface area (Å²) in [4.78, 5) is 20.3. The lowest BCUT2D eigenvalue weighted by Crippen LogP contribution is -2.50. The fourth-order valence-electron chi connectivity index (χ4n) is 2.85. The molecule has 1 amide bonds. The molecule has 27 heavy (non-hydrogen) atoms. The maximum Gasteiger partial charge on any atom is 0.416 e. The second-order valence-electron chi connectivity index (χ2n) is 6.12. The van der Waals surface area contributed by atoms with E-state index in [0.29, 0.717) is 31.3 Å². The number of halogens is 4. The number of anilines is 2. The van der Waals surface area contributed by atoms with Gasteiger partial charge in [0.2, 0.25) is 5.91 Å². The minimum Gasteiger partial charge on any atom is -0.376 e. The molecule has 0 saturated carbocycles. The maximum absolute atomic E-state index is 12.7. The molecule has 1 aromatic heterocycles. The highest BCUT2D eigenvalue weighted by atomic mass is 35.5. The van der Waals surface area contributed by atoms with Crippen molar-refractivity contribution in [2.24, 2.45) is 0 Å². The molecule has 1 aliphatic heterocycles. The average molecular weight is 399 g/mol. The van der Waals surface area contributed by atoms with Crippen molar-refractivity contribution >= 4 is 29.0 Å². The van der Waals surface area contributed by atoms with Gasteiger partial charge in [0.05, 0.1) is 12.1 Å². The highest BCUT2D eigenvalue weighted by molar-refractivity contribution is 6.29. The van der Waals surface area contributed by atoms with E-state index >= 15 is 0 Å². The Kier molecular flexibility index (Phi) is 5.74. The minimum atomic E-state index is -4.41. The van der Waals surface area contributed by atoms with Crippen LogP contribution in [0, 0.1) is 0 Å². The molecule has 0 spiro atoms. The molecular weight excluding hydrogens is 381 g/mol. The van der Waals surface area contributed by atoms with Crippen LogP contribution in [0.5, 0.6) is 0 Å². The van der Waals surface area contributed by atoms with Crippen LogP contribution in [0.2, 0.25) is 5.15 Å². The summed E-state index contributed by atoms with van der Waals surface area (Å²) < 4.78 is 38.2. The third-order valence-electron chi connectivity index (χ3n) is 4.29. The molecule has 0 bridgehead atoms. The second-order valence-corrected chi connectivity index (χ2v) is 6.51. The second kappa shape index (κ2) is 8.04.